The van der Waals surface area contributed by atoms with Gasteiger partial charge in [-0.05, 0) is 43.2 Å². The van der Waals surface area contributed by atoms with Crippen molar-refractivity contribution < 1.29 is 0 Å². The normalized spacial score (nSPS) is 18.7. The Bertz CT molecular complexity index is 338. The van der Waals surface area contributed by atoms with Gasteiger partial charge in [-0.1, -0.05) is 63.4 Å². The van der Waals surface area contributed by atoms with Crippen LogP contribution in [0.4, 0.5) is 0 Å². The highest BCUT2D eigenvalue weighted by atomic mass is 14.9. The van der Waals surface area contributed by atoms with Gasteiger partial charge in [-0.15, -0.1) is 0 Å². The van der Waals surface area contributed by atoms with Gasteiger partial charge in [-0.3, -0.25) is 0 Å². The predicted octanol–water partition coefficient (Wildman–Crippen LogP) is 4.94. The maximum atomic E-state index is 3.84. The van der Waals surface area contributed by atoms with Crippen LogP contribution in [0.3, 0.4) is 0 Å². The summed E-state index contributed by atoms with van der Waals surface area (Å²) < 4.78 is 0. The Kier molecular flexibility index (Phi) is 5.91. The molecule has 0 spiro atoms. The highest BCUT2D eigenvalue weighted by Crippen LogP contribution is 2.34. The Morgan fingerprint density at radius 2 is 1.74 bits per heavy atom. The molecule has 2 rings (SSSR count). The van der Waals surface area contributed by atoms with E-state index in [-0.39, 0.29) is 0 Å². The Labute approximate surface area is 118 Å². The molecule has 1 fully saturated rings. The zero-order valence-corrected chi connectivity index (χ0v) is 12.6. The van der Waals surface area contributed by atoms with Gasteiger partial charge in [-0.2, -0.15) is 0 Å². The van der Waals surface area contributed by atoms with E-state index >= 15 is 0 Å². The molecule has 19 heavy (non-hydrogen) atoms. The molecule has 1 aliphatic carbocycles. The first kappa shape index (κ1) is 14.6. The highest BCUT2D eigenvalue weighted by molar-refractivity contribution is 5.19. The van der Waals surface area contributed by atoms with Crippen LogP contribution in [0, 0.1) is 11.8 Å². The molecule has 0 aromatic heterocycles. The van der Waals surface area contributed by atoms with Crippen LogP contribution in [0.25, 0.3) is 0 Å². The average Bonchev–Trinajstić information content (AvgIpc) is 2.45. The molecule has 0 aliphatic heterocycles. The lowest BCUT2D eigenvalue weighted by Gasteiger charge is -2.31. The van der Waals surface area contributed by atoms with Gasteiger partial charge in [0.2, 0.25) is 0 Å². The van der Waals surface area contributed by atoms with Crippen LogP contribution in [-0.4, -0.2) is 6.54 Å². The first-order valence-electron chi connectivity index (χ1n) is 8.05. The van der Waals surface area contributed by atoms with E-state index in [9.17, 15) is 0 Å². The van der Waals surface area contributed by atoms with Crippen molar-refractivity contribution in [2.45, 2.75) is 58.4 Å². The van der Waals surface area contributed by atoms with E-state index in [1.165, 1.54) is 44.1 Å². The maximum Gasteiger partial charge on any atom is 0.0348 e. The molecule has 1 aliphatic rings. The van der Waals surface area contributed by atoms with Gasteiger partial charge in [0, 0.05) is 6.04 Å². The van der Waals surface area contributed by atoms with Crippen LogP contribution >= 0.6 is 0 Å². The van der Waals surface area contributed by atoms with Crippen LogP contribution < -0.4 is 5.32 Å². The molecule has 0 heterocycles. The molecule has 106 valence electrons. The molecule has 1 aromatic carbocycles. The molecule has 1 saturated carbocycles. The average molecular weight is 259 g/mol. The van der Waals surface area contributed by atoms with Crippen molar-refractivity contribution >= 4 is 0 Å². The van der Waals surface area contributed by atoms with Crippen molar-refractivity contribution in [2.75, 3.05) is 6.54 Å². The Hall–Kier alpha value is -0.820. The third-order valence-corrected chi connectivity index (χ3v) is 4.37. The van der Waals surface area contributed by atoms with E-state index in [0.717, 1.165) is 18.4 Å². The fraction of sp³-hybridized carbons (Fsp3) is 0.667. The molecular formula is C18H29N. The fourth-order valence-corrected chi connectivity index (χ4v) is 3.21. The Balaban J connectivity index is 2.00. The van der Waals surface area contributed by atoms with Gasteiger partial charge in [0.25, 0.3) is 0 Å². The molecule has 0 radical (unpaired) electrons. The molecule has 0 saturated heterocycles. The minimum Gasteiger partial charge on any atom is -0.310 e. The summed E-state index contributed by atoms with van der Waals surface area (Å²) in [6.45, 7) is 5.76. The first-order chi connectivity index (χ1) is 9.27. The van der Waals surface area contributed by atoms with Crippen LogP contribution in [0.1, 0.15) is 64.0 Å². The van der Waals surface area contributed by atoms with Gasteiger partial charge in [0.1, 0.15) is 0 Å². The zero-order valence-electron chi connectivity index (χ0n) is 12.6. The second-order valence-electron chi connectivity index (χ2n) is 6.42. The topological polar surface area (TPSA) is 12.0 Å². The predicted molar refractivity (Wildman–Crippen MR) is 83.2 cm³/mol. The molecule has 0 amide bonds. The lowest BCUT2D eigenvalue weighted by Crippen LogP contribution is -2.31. The molecule has 1 heteroatoms. The van der Waals surface area contributed by atoms with Gasteiger partial charge in [-0.25, -0.2) is 0 Å². The molecule has 1 aromatic rings. The summed E-state index contributed by atoms with van der Waals surface area (Å²) in [5.41, 5.74) is 1.48. The van der Waals surface area contributed by atoms with Gasteiger partial charge in [0.15, 0.2) is 0 Å². The third kappa shape index (κ3) is 4.65. The van der Waals surface area contributed by atoms with E-state index in [4.69, 9.17) is 0 Å². The number of hydrogen-bond donors (Lipinski definition) is 1. The van der Waals surface area contributed by atoms with Crippen molar-refractivity contribution in [3.63, 3.8) is 0 Å². The Morgan fingerprint density at radius 3 is 2.37 bits per heavy atom. The fourth-order valence-electron chi connectivity index (χ4n) is 3.21. The van der Waals surface area contributed by atoms with Crippen LogP contribution in [0.5, 0.6) is 0 Å². The second-order valence-corrected chi connectivity index (χ2v) is 6.42. The van der Waals surface area contributed by atoms with E-state index in [2.05, 4.69) is 49.5 Å². The summed E-state index contributed by atoms with van der Waals surface area (Å²) in [6, 6.07) is 11.6. The summed E-state index contributed by atoms with van der Waals surface area (Å²) in [4.78, 5) is 0. The molecule has 1 atom stereocenters. The van der Waals surface area contributed by atoms with Crippen LogP contribution in [0.15, 0.2) is 30.3 Å². The molecule has 1 nitrogen and oxygen atoms in total. The van der Waals surface area contributed by atoms with Crippen molar-refractivity contribution in [3.05, 3.63) is 35.9 Å². The minimum absolute atomic E-state index is 0.570. The number of rotatable bonds is 6. The smallest absolute Gasteiger partial charge is 0.0348 e. The number of hydrogen-bond acceptors (Lipinski definition) is 1. The quantitative estimate of drug-likeness (QED) is 0.762. The van der Waals surface area contributed by atoms with E-state index in [1.807, 2.05) is 0 Å². The largest absolute Gasteiger partial charge is 0.310 e. The zero-order chi connectivity index (χ0) is 13.5. The number of benzene rings is 1. The summed E-state index contributed by atoms with van der Waals surface area (Å²) in [7, 11) is 0. The lowest BCUT2D eigenvalue weighted by molar-refractivity contribution is 0.268. The van der Waals surface area contributed by atoms with Crippen molar-refractivity contribution in [2.24, 2.45) is 11.8 Å². The van der Waals surface area contributed by atoms with Crippen molar-refractivity contribution in [1.29, 1.82) is 0 Å². The molecule has 0 bridgehead atoms. The minimum atomic E-state index is 0.570. The Morgan fingerprint density at radius 1 is 1.05 bits per heavy atom. The standard InChI is InChI=1S/C18H29N/c1-15(2)13-14-19-18(16-9-5-3-6-10-16)17-11-7-4-8-12-17/h3,5-6,9-10,15,17-19H,4,7-8,11-14H2,1-2H3. The van der Waals surface area contributed by atoms with Gasteiger partial charge < -0.3 is 5.32 Å². The second kappa shape index (κ2) is 7.69. The van der Waals surface area contributed by atoms with Crippen molar-refractivity contribution in [3.8, 4) is 0 Å². The van der Waals surface area contributed by atoms with E-state index < -0.39 is 0 Å². The summed E-state index contributed by atoms with van der Waals surface area (Å²) in [5, 5.41) is 3.84. The van der Waals surface area contributed by atoms with Crippen LogP contribution in [0.2, 0.25) is 0 Å². The summed E-state index contributed by atoms with van der Waals surface area (Å²) in [5.74, 6) is 1.62. The highest BCUT2D eigenvalue weighted by Gasteiger charge is 2.24. The molecule has 1 unspecified atom stereocenters. The van der Waals surface area contributed by atoms with E-state index in [1.54, 1.807) is 0 Å². The van der Waals surface area contributed by atoms with Gasteiger partial charge >= 0.3 is 0 Å². The maximum absolute atomic E-state index is 3.84. The number of nitrogens with one attached hydrogen (secondary N) is 1. The molecular weight excluding hydrogens is 230 g/mol. The van der Waals surface area contributed by atoms with Gasteiger partial charge in [0.05, 0.1) is 0 Å². The molecule has 1 N–H and O–H groups in total. The SMILES string of the molecule is CC(C)CCNC(c1ccccc1)C1CCCCC1. The monoisotopic (exact) mass is 259 g/mol. The third-order valence-electron chi connectivity index (χ3n) is 4.37. The summed E-state index contributed by atoms with van der Waals surface area (Å²) >= 11 is 0. The van der Waals surface area contributed by atoms with E-state index in [0.29, 0.717) is 6.04 Å². The van der Waals surface area contributed by atoms with Crippen molar-refractivity contribution in [1.82, 2.24) is 5.32 Å². The lowest BCUT2D eigenvalue weighted by atomic mass is 9.81. The summed E-state index contributed by atoms with van der Waals surface area (Å²) in [6.07, 6.45) is 8.34. The van der Waals surface area contributed by atoms with Crippen LogP contribution in [-0.2, 0) is 0 Å². The first-order valence-corrected chi connectivity index (χ1v) is 8.05.